The van der Waals surface area contributed by atoms with Crippen molar-refractivity contribution in [1.29, 1.82) is 0 Å². The van der Waals surface area contributed by atoms with E-state index in [2.05, 4.69) is 20.9 Å². The highest BCUT2D eigenvalue weighted by atomic mass is 79.9. The highest BCUT2D eigenvalue weighted by Crippen LogP contribution is 2.32. The van der Waals surface area contributed by atoms with Crippen LogP contribution < -0.4 is 0 Å². The minimum Gasteiger partial charge on any atom is -0.392 e. The number of aromatic nitrogens is 1. The van der Waals surface area contributed by atoms with Crippen LogP contribution in [0, 0.1) is 0 Å². The molecule has 0 bridgehead atoms. The average Bonchev–Trinajstić information content (AvgIpc) is 2.34. The van der Waals surface area contributed by atoms with E-state index >= 15 is 0 Å². The normalized spacial score (nSPS) is 10.5. The Morgan fingerprint density at radius 2 is 2.00 bits per heavy atom. The number of nitrogens with zero attached hydrogens (tertiary/aromatic N) is 1. The van der Waals surface area contributed by atoms with Gasteiger partial charge in [-0.25, -0.2) is 4.98 Å². The van der Waals surface area contributed by atoms with Crippen molar-refractivity contribution >= 4 is 39.3 Å². The third kappa shape index (κ3) is 3.45. The Morgan fingerprint density at radius 1 is 1.29 bits per heavy atom. The van der Waals surface area contributed by atoms with Gasteiger partial charge in [-0.05, 0) is 39.7 Å². The molecule has 0 amide bonds. The largest absolute Gasteiger partial charge is 0.392 e. The lowest BCUT2D eigenvalue weighted by Gasteiger charge is -2.04. The smallest absolute Gasteiger partial charge is 0.119 e. The third-order valence-electron chi connectivity index (χ3n) is 2.09. The van der Waals surface area contributed by atoms with Crippen LogP contribution in [0.4, 0.5) is 0 Å². The topological polar surface area (TPSA) is 33.1 Å². The van der Waals surface area contributed by atoms with Gasteiger partial charge in [-0.1, -0.05) is 35.5 Å². The summed E-state index contributed by atoms with van der Waals surface area (Å²) >= 11 is 10.9. The number of aliphatic hydroxyl groups excluding tert-OH is 1. The molecule has 2 rings (SSSR count). The number of hydrogen-bond acceptors (Lipinski definition) is 3. The predicted octanol–water partition coefficient (Wildman–Crippen LogP) is 4.14. The monoisotopic (exact) mass is 329 g/mol. The van der Waals surface area contributed by atoms with Gasteiger partial charge in [0.15, 0.2) is 0 Å². The summed E-state index contributed by atoms with van der Waals surface area (Å²) < 4.78 is 0.863. The van der Waals surface area contributed by atoms with Gasteiger partial charge in [0, 0.05) is 15.6 Å². The molecule has 0 aliphatic rings. The van der Waals surface area contributed by atoms with Crippen molar-refractivity contribution in [3.8, 4) is 0 Å². The van der Waals surface area contributed by atoms with Crippen LogP contribution in [0.3, 0.4) is 0 Å². The van der Waals surface area contributed by atoms with Crippen LogP contribution >= 0.6 is 39.3 Å². The van der Waals surface area contributed by atoms with Crippen molar-refractivity contribution in [3.05, 3.63) is 51.6 Å². The van der Waals surface area contributed by atoms with E-state index in [0.29, 0.717) is 5.02 Å². The Balaban J connectivity index is 2.19. The zero-order chi connectivity index (χ0) is 12.3. The van der Waals surface area contributed by atoms with Crippen molar-refractivity contribution in [2.75, 3.05) is 0 Å². The number of hydrogen-bond donors (Lipinski definition) is 1. The van der Waals surface area contributed by atoms with Crippen molar-refractivity contribution in [2.24, 2.45) is 0 Å². The van der Waals surface area contributed by atoms with E-state index in [9.17, 15) is 0 Å². The van der Waals surface area contributed by atoms with Gasteiger partial charge in [0.1, 0.15) is 5.03 Å². The van der Waals surface area contributed by atoms with E-state index in [-0.39, 0.29) is 6.61 Å². The standard InChI is InChI=1S/C12H9BrClNOS/c13-9-5-11(14)12(15-6-9)17-10-3-1-8(7-16)2-4-10/h1-6,16H,7H2. The van der Waals surface area contributed by atoms with Gasteiger partial charge in [0.25, 0.3) is 0 Å². The lowest BCUT2D eigenvalue weighted by atomic mass is 10.2. The third-order valence-corrected chi connectivity index (χ3v) is 3.95. The number of halogens is 2. The molecule has 2 nitrogen and oxygen atoms in total. The zero-order valence-corrected chi connectivity index (χ0v) is 11.9. The van der Waals surface area contributed by atoms with E-state index in [1.54, 1.807) is 6.20 Å². The Kier molecular flexibility index (Phi) is 4.45. The molecule has 0 fully saturated rings. The summed E-state index contributed by atoms with van der Waals surface area (Å²) in [6, 6.07) is 9.47. The summed E-state index contributed by atoms with van der Waals surface area (Å²) in [5, 5.41) is 10.3. The summed E-state index contributed by atoms with van der Waals surface area (Å²) in [7, 11) is 0. The molecular formula is C12H9BrClNOS. The lowest BCUT2D eigenvalue weighted by molar-refractivity contribution is 0.282. The first-order chi connectivity index (χ1) is 8.19. The molecule has 0 aliphatic heterocycles. The summed E-state index contributed by atoms with van der Waals surface area (Å²) in [5.41, 5.74) is 0.893. The second-order valence-electron chi connectivity index (χ2n) is 3.34. The second kappa shape index (κ2) is 5.87. The maximum Gasteiger partial charge on any atom is 0.119 e. The molecule has 0 aliphatic carbocycles. The van der Waals surface area contributed by atoms with Crippen LogP contribution in [0.5, 0.6) is 0 Å². The van der Waals surface area contributed by atoms with Gasteiger partial charge in [0.05, 0.1) is 11.6 Å². The summed E-state index contributed by atoms with van der Waals surface area (Å²) in [4.78, 5) is 5.29. The fraction of sp³-hybridized carbons (Fsp3) is 0.0833. The molecular weight excluding hydrogens is 322 g/mol. The van der Waals surface area contributed by atoms with E-state index in [1.807, 2.05) is 30.3 Å². The van der Waals surface area contributed by atoms with Gasteiger partial charge in [-0.15, -0.1) is 0 Å². The first-order valence-corrected chi connectivity index (χ1v) is 6.86. The number of pyridine rings is 1. The quantitative estimate of drug-likeness (QED) is 0.918. The first-order valence-electron chi connectivity index (χ1n) is 4.88. The van der Waals surface area contributed by atoms with E-state index in [0.717, 1.165) is 20.0 Å². The Labute approximate surface area is 117 Å². The van der Waals surface area contributed by atoms with E-state index in [1.165, 1.54) is 11.8 Å². The Hall–Kier alpha value is -0.550. The number of benzene rings is 1. The molecule has 1 aromatic carbocycles. The van der Waals surface area contributed by atoms with Crippen LogP contribution in [-0.4, -0.2) is 10.1 Å². The van der Waals surface area contributed by atoms with Crippen LogP contribution in [-0.2, 0) is 6.61 Å². The minimum atomic E-state index is 0.0578. The van der Waals surface area contributed by atoms with E-state index in [4.69, 9.17) is 16.7 Å². The summed E-state index contributed by atoms with van der Waals surface area (Å²) in [5.74, 6) is 0. The van der Waals surface area contributed by atoms with Crippen molar-refractivity contribution in [1.82, 2.24) is 4.98 Å². The second-order valence-corrected chi connectivity index (χ2v) is 5.73. The zero-order valence-electron chi connectivity index (χ0n) is 8.73. The van der Waals surface area contributed by atoms with Gasteiger partial charge in [0.2, 0.25) is 0 Å². The molecule has 0 unspecified atom stereocenters. The maximum absolute atomic E-state index is 8.95. The average molecular weight is 331 g/mol. The van der Waals surface area contributed by atoms with Gasteiger partial charge < -0.3 is 5.11 Å². The molecule has 17 heavy (non-hydrogen) atoms. The predicted molar refractivity (Wildman–Crippen MR) is 73.4 cm³/mol. The van der Waals surface area contributed by atoms with Gasteiger partial charge in [-0.2, -0.15) is 0 Å². The van der Waals surface area contributed by atoms with Gasteiger partial charge in [-0.3, -0.25) is 0 Å². The number of rotatable bonds is 3. The SMILES string of the molecule is OCc1ccc(Sc2ncc(Br)cc2Cl)cc1. The van der Waals surface area contributed by atoms with E-state index < -0.39 is 0 Å². The van der Waals surface area contributed by atoms with Crippen LogP contribution in [0.2, 0.25) is 5.02 Å². The molecule has 5 heteroatoms. The molecule has 2 aromatic rings. The highest BCUT2D eigenvalue weighted by molar-refractivity contribution is 9.10. The minimum absolute atomic E-state index is 0.0578. The molecule has 1 heterocycles. The fourth-order valence-corrected chi connectivity index (χ4v) is 2.75. The van der Waals surface area contributed by atoms with Crippen molar-refractivity contribution in [2.45, 2.75) is 16.5 Å². The maximum atomic E-state index is 8.95. The summed E-state index contributed by atoms with van der Waals surface area (Å²) in [6.07, 6.45) is 1.72. The molecule has 0 spiro atoms. The molecule has 0 saturated carbocycles. The number of aliphatic hydroxyl groups is 1. The van der Waals surface area contributed by atoms with Crippen molar-refractivity contribution < 1.29 is 5.11 Å². The molecule has 88 valence electrons. The molecule has 0 saturated heterocycles. The molecule has 1 N–H and O–H groups in total. The van der Waals surface area contributed by atoms with Gasteiger partial charge >= 0.3 is 0 Å². The van der Waals surface area contributed by atoms with Crippen LogP contribution in [0.15, 0.2) is 50.9 Å². The van der Waals surface area contributed by atoms with Crippen LogP contribution in [0.25, 0.3) is 0 Å². The highest BCUT2D eigenvalue weighted by Gasteiger charge is 2.05. The Morgan fingerprint density at radius 3 is 2.59 bits per heavy atom. The van der Waals surface area contributed by atoms with Crippen LogP contribution in [0.1, 0.15) is 5.56 Å². The summed E-state index contributed by atoms with van der Waals surface area (Å²) in [6.45, 7) is 0.0578. The first kappa shape index (κ1) is 12.9. The molecule has 1 aromatic heterocycles. The van der Waals surface area contributed by atoms with Crippen molar-refractivity contribution in [3.63, 3.8) is 0 Å². The Bertz CT molecular complexity index is 518. The lowest BCUT2D eigenvalue weighted by Crippen LogP contribution is -1.84. The fourth-order valence-electron chi connectivity index (χ4n) is 1.25. The molecule has 0 radical (unpaired) electrons. The molecule has 0 atom stereocenters.